The number of rotatable bonds is 1. The lowest BCUT2D eigenvalue weighted by molar-refractivity contribution is -0.120. The van der Waals surface area contributed by atoms with Gasteiger partial charge in [-0.25, -0.2) is 4.79 Å². The maximum atomic E-state index is 11.5. The van der Waals surface area contributed by atoms with Gasteiger partial charge in [0.05, 0.1) is 6.26 Å². The number of furan rings is 1. The maximum absolute atomic E-state index is 11.5. The highest BCUT2D eigenvalue weighted by Gasteiger charge is 2.32. The summed E-state index contributed by atoms with van der Waals surface area (Å²) in [7, 11) is 0. The van der Waals surface area contributed by atoms with Gasteiger partial charge in [0.1, 0.15) is 11.6 Å². The summed E-state index contributed by atoms with van der Waals surface area (Å²) in [5.41, 5.74) is 1.38. The predicted molar refractivity (Wildman–Crippen MR) is 55.6 cm³/mol. The summed E-state index contributed by atoms with van der Waals surface area (Å²) in [6, 6.07) is 6.25. The molecule has 1 aliphatic heterocycles. The molecular formula is C11H8N2O3. The van der Waals surface area contributed by atoms with Crippen LogP contribution >= 0.6 is 0 Å². The molecule has 1 aliphatic rings. The third kappa shape index (κ3) is 1.18. The van der Waals surface area contributed by atoms with Crippen molar-refractivity contribution in [2.45, 2.75) is 6.04 Å². The zero-order valence-electron chi connectivity index (χ0n) is 8.19. The fourth-order valence-electron chi connectivity index (χ4n) is 1.86. The highest BCUT2D eigenvalue weighted by molar-refractivity contribution is 6.06. The zero-order valence-corrected chi connectivity index (χ0v) is 8.19. The van der Waals surface area contributed by atoms with Crippen molar-refractivity contribution < 1.29 is 14.0 Å². The molecule has 0 aliphatic carbocycles. The van der Waals surface area contributed by atoms with E-state index in [1.807, 2.05) is 24.3 Å². The fourth-order valence-corrected chi connectivity index (χ4v) is 1.86. The number of urea groups is 1. The summed E-state index contributed by atoms with van der Waals surface area (Å²) < 4.78 is 5.31. The van der Waals surface area contributed by atoms with Crippen LogP contribution in [0.5, 0.6) is 0 Å². The van der Waals surface area contributed by atoms with Crippen LogP contribution in [0.3, 0.4) is 0 Å². The molecule has 2 heterocycles. The molecule has 2 N–H and O–H groups in total. The van der Waals surface area contributed by atoms with Crippen LogP contribution in [0.4, 0.5) is 4.79 Å². The molecule has 5 nitrogen and oxygen atoms in total. The number of imide groups is 1. The van der Waals surface area contributed by atoms with Crippen LogP contribution < -0.4 is 10.6 Å². The van der Waals surface area contributed by atoms with E-state index in [-0.39, 0.29) is 5.91 Å². The van der Waals surface area contributed by atoms with Gasteiger partial charge in [-0.15, -0.1) is 0 Å². The Balaban J connectivity index is 2.13. The molecule has 0 saturated carbocycles. The number of amides is 3. The molecule has 1 aromatic carbocycles. The van der Waals surface area contributed by atoms with Gasteiger partial charge in [-0.3, -0.25) is 10.1 Å². The van der Waals surface area contributed by atoms with Crippen molar-refractivity contribution in [3.05, 3.63) is 36.1 Å². The Morgan fingerprint density at radius 3 is 2.75 bits per heavy atom. The van der Waals surface area contributed by atoms with Crippen molar-refractivity contribution >= 4 is 22.9 Å². The molecule has 0 bridgehead atoms. The summed E-state index contributed by atoms with van der Waals surface area (Å²) in [5.74, 6) is -0.350. The molecular weight excluding hydrogens is 208 g/mol. The Labute approximate surface area is 90.4 Å². The molecule has 0 spiro atoms. The summed E-state index contributed by atoms with van der Waals surface area (Å²) in [4.78, 5) is 22.5. The standard InChI is InChI=1S/C11H8N2O3/c14-10-9(12-11(15)13-10)7-5-16-8-4-2-1-3-6(7)8/h1-5,9H,(H2,12,13,14,15). The summed E-state index contributed by atoms with van der Waals surface area (Å²) >= 11 is 0. The van der Waals surface area contributed by atoms with Crippen LogP contribution in [0.25, 0.3) is 11.0 Å². The van der Waals surface area contributed by atoms with E-state index < -0.39 is 12.1 Å². The van der Waals surface area contributed by atoms with Crippen molar-refractivity contribution in [3.8, 4) is 0 Å². The molecule has 1 atom stereocenters. The predicted octanol–water partition coefficient (Wildman–Crippen LogP) is 1.31. The van der Waals surface area contributed by atoms with Crippen LogP contribution in [0.15, 0.2) is 34.9 Å². The van der Waals surface area contributed by atoms with E-state index in [2.05, 4.69) is 10.6 Å². The maximum Gasteiger partial charge on any atom is 0.322 e. The number of fused-ring (bicyclic) bond motifs is 1. The molecule has 16 heavy (non-hydrogen) atoms. The smallest absolute Gasteiger partial charge is 0.322 e. The first kappa shape index (κ1) is 8.96. The van der Waals surface area contributed by atoms with Crippen LogP contribution in [-0.2, 0) is 4.79 Å². The molecule has 1 saturated heterocycles. The average molecular weight is 216 g/mol. The molecule has 1 aromatic heterocycles. The van der Waals surface area contributed by atoms with Gasteiger partial charge in [0.2, 0.25) is 0 Å². The second-order valence-electron chi connectivity index (χ2n) is 3.58. The van der Waals surface area contributed by atoms with Crippen molar-refractivity contribution in [1.29, 1.82) is 0 Å². The number of nitrogens with one attached hydrogen (secondary N) is 2. The second-order valence-corrected chi connectivity index (χ2v) is 3.58. The normalized spacial score (nSPS) is 19.9. The Bertz CT molecular complexity index is 588. The van der Waals surface area contributed by atoms with E-state index in [0.717, 1.165) is 5.39 Å². The van der Waals surface area contributed by atoms with Gasteiger partial charge in [-0.2, -0.15) is 0 Å². The van der Waals surface area contributed by atoms with Crippen LogP contribution in [0, 0.1) is 0 Å². The molecule has 0 radical (unpaired) electrons. The van der Waals surface area contributed by atoms with Crippen LogP contribution in [0.2, 0.25) is 0 Å². The first-order valence-corrected chi connectivity index (χ1v) is 4.83. The highest BCUT2D eigenvalue weighted by Crippen LogP contribution is 2.27. The van der Waals surface area contributed by atoms with Gasteiger partial charge in [-0.05, 0) is 6.07 Å². The van der Waals surface area contributed by atoms with E-state index in [1.165, 1.54) is 6.26 Å². The first-order chi connectivity index (χ1) is 7.75. The third-order valence-electron chi connectivity index (χ3n) is 2.60. The largest absolute Gasteiger partial charge is 0.464 e. The lowest BCUT2D eigenvalue weighted by atomic mass is 10.1. The fraction of sp³-hybridized carbons (Fsp3) is 0.0909. The molecule has 1 fully saturated rings. The van der Waals surface area contributed by atoms with Crippen molar-refractivity contribution in [3.63, 3.8) is 0 Å². The Hall–Kier alpha value is -2.30. The minimum atomic E-state index is -0.656. The Morgan fingerprint density at radius 2 is 2.00 bits per heavy atom. The minimum Gasteiger partial charge on any atom is -0.464 e. The lowest BCUT2D eigenvalue weighted by Crippen LogP contribution is -2.22. The second kappa shape index (κ2) is 3.10. The highest BCUT2D eigenvalue weighted by atomic mass is 16.3. The molecule has 80 valence electrons. The van der Waals surface area contributed by atoms with Gasteiger partial charge in [0.15, 0.2) is 0 Å². The van der Waals surface area contributed by atoms with Crippen LogP contribution in [0.1, 0.15) is 11.6 Å². The molecule has 3 amide bonds. The van der Waals surface area contributed by atoms with E-state index >= 15 is 0 Å². The molecule has 5 heteroatoms. The average Bonchev–Trinajstić information content (AvgIpc) is 2.81. The van der Waals surface area contributed by atoms with Gasteiger partial charge in [0.25, 0.3) is 5.91 Å². The van der Waals surface area contributed by atoms with Gasteiger partial charge < -0.3 is 9.73 Å². The number of carbonyl (C=O) groups is 2. The summed E-state index contributed by atoms with van der Waals surface area (Å²) in [6.07, 6.45) is 1.50. The Kier molecular flexibility index (Phi) is 1.73. The summed E-state index contributed by atoms with van der Waals surface area (Å²) in [6.45, 7) is 0. The van der Waals surface area contributed by atoms with Crippen molar-refractivity contribution in [1.82, 2.24) is 10.6 Å². The van der Waals surface area contributed by atoms with Gasteiger partial charge >= 0.3 is 6.03 Å². The van der Waals surface area contributed by atoms with Crippen molar-refractivity contribution in [2.75, 3.05) is 0 Å². The molecule has 2 aromatic rings. The minimum absolute atomic E-state index is 0.350. The number of benzene rings is 1. The Morgan fingerprint density at radius 1 is 1.19 bits per heavy atom. The van der Waals surface area contributed by atoms with E-state index in [4.69, 9.17) is 4.42 Å². The summed E-state index contributed by atoms with van der Waals surface area (Å²) in [5, 5.41) is 5.57. The third-order valence-corrected chi connectivity index (χ3v) is 2.60. The monoisotopic (exact) mass is 216 g/mol. The van der Waals surface area contributed by atoms with Crippen LogP contribution in [-0.4, -0.2) is 11.9 Å². The molecule has 1 unspecified atom stereocenters. The quantitative estimate of drug-likeness (QED) is 0.706. The number of hydrogen-bond acceptors (Lipinski definition) is 3. The van der Waals surface area contributed by atoms with E-state index in [0.29, 0.717) is 11.1 Å². The topological polar surface area (TPSA) is 71.3 Å². The lowest BCUT2D eigenvalue weighted by Gasteiger charge is -2.03. The van der Waals surface area contributed by atoms with Crippen molar-refractivity contribution in [2.24, 2.45) is 0 Å². The number of carbonyl (C=O) groups excluding carboxylic acids is 2. The van der Waals surface area contributed by atoms with Gasteiger partial charge in [0, 0.05) is 10.9 Å². The SMILES string of the molecule is O=C1NC(=O)C(c2coc3ccccc23)N1. The molecule has 3 rings (SSSR count). The van der Waals surface area contributed by atoms with E-state index in [9.17, 15) is 9.59 Å². The zero-order chi connectivity index (χ0) is 11.1. The van der Waals surface area contributed by atoms with Gasteiger partial charge in [-0.1, -0.05) is 18.2 Å². The van der Waals surface area contributed by atoms with E-state index in [1.54, 1.807) is 0 Å². The number of para-hydroxylation sites is 1. The first-order valence-electron chi connectivity index (χ1n) is 4.83. The number of hydrogen-bond donors (Lipinski definition) is 2.